The molecule has 0 unspecified atom stereocenters. The molecule has 0 amide bonds. The molecule has 0 radical (unpaired) electrons. The summed E-state index contributed by atoms with van der Waals surface area (Å²) in [6, 6.07) is 10.3. The molecule has 1 fully saturated rings. The third kappa shape index (κ3) is 14.1. The van der Waals surface area contributed by atoms with Crippen LogP contribution in [0.3, 0.4) is 0 Å². The molecule has 1 aliphatic rings. The van der Waals surface area contributed by atoms with E-state index in [4.69, 9.17) is 5.73 Å². The van der Waals surface area contributed by atoms with E-state index < -0.39 is 0 Å². The predicted octanol–water partition coefficient (Wildman–Crippen LogP) is 3.13. The summed E-state index contributed by atoms with van der Waals surface area (Å²) >= 11 is 0. The quantitative estimate of drug-likeness (QED) is 0.650. The molecule has 1 nitrogen and oxygen atoms in total. The van der Waals surface area contributed by atoms with Crippen LogP contribution in [0.2, 0.25) is 0 Å². The molecule has 13 heavy (non-hydrogen) atoms. The summed E-state index contributed by atoms with van der Waals surface area (Å²) in [5.41, 5.74) is 6.17. The Morgan fingerprint density at radius 3 is 1.62 bits per heavy atom. The van der Waals surface area contributed by atoms with Crippen LogP contribution in [0, 0.1) is 6.92 Å². The molecule has 0 bridgehead atoms. The van der Waals surface area contributed by atoms with Gasteiger partial charge in [0.2, 0.25) is 0 Å². The largest absolute Gasteiger partial charge is 0.331 e. The van der Waals surface area contributed by atoms with E-state index in [-0.39, 0.29) is 0 Å². The second kappa shape index (κ2) is 9.27. The molecule has 0 heterocycles. The topological polar surface area (TPSA) is 26.0 Å². The fraction of sp³-hybridized carbons (Fsp3) is 0.500. The zero-order valence-corrected chi connectivity index (χ0v) is 8.79. The monoisotopic (exact) mass is 179 g/mol. The number of hydrogen-bond acceptors (Lipinski definition) is 1. The normalized spacial score (nSPS) is 11.6. The fourth-order valence-corrected chi connectivity index (χ4v) is 0.534. The Balaban J connectivity index is 0.000000200. The summed E-state index contributed by atoms with van der Waals surface area (Å²) in [5, 5.41) is 0. The first-order chi connectivity index (χ1) is 6.31. The summed E-state index contributed by atoms with van der Waals surface area (Å²) in [5.74, 6) is 0. The van der Waals surface area contributed by atoms with E-state index >= 15 is 0 Å². The molecule has 1 saturated carbocycles. The van der Waals surface area contributed by atoms with Gasteiger partial charge in [0.15, 0.2) is 0 Å². The average Bonchev–Trinajstić information content (AvgIpc) is 2.92. The highest BCUT2D eigenvalue weighted by molar-refractivity contribution is 5.11. The van der Waals surface area contributed by atoms with Gasteiger partial charge in [-0.25, -0.2) is 0 Å². The molecule has 1 aromatic carbocycles. The van der Waals surface area contributed by atoms with E-state index in [0.29, 0.717) is 0 Å². The first-order valence-electron chi connectivity index (χ1n) is 5.03. The molecular formula is C12H21N. The molecular weight excluding hydrogens is 158 g/mol. The lowest BCUT2D eigenvalue weighted by atomic mass is 10.2. The van der Waals surface area contributed by atoms with Gasteiger partial charge in [-0.15, -0.1) is 0 Å². The van der Waals surface area contributed by atoms with Gasteiger partial charge in [-0.05, 0) is 13.5 Å². The third-order valence-corrected chi connectivity index (χ3v) is 1.29. The Hall–Kier alpha value is -0.820. The SMILES string of the molecule is C1CC1.CCN.Cc1ccccc1. The number of aryl methyl sites for hydroxylation is 1. The lowest BCUT2D eigenvalue weighted by Gasteiger charge is -1.82. The van der Waals surface area contributed by atoms with Crippen LogP contribution in [-0.2, 0) is 0 Å². The average molecular weight is 179 g/mol. The lowest BCUT2D eigenvalue weighted by Crippen LogP contribution is -1.87. The van der Waals surface area contributed by atoms with Gasteiger partial charge in [-0.3, -0.25) is 0 Å². The van der Waals surface area contributed by atoms with E-state index in [2.05, 4.69) is 19.1 Å². The number of hydrogen-bond donors (Lipinski definition) is 1. The van der Waals surface area contributed by atoms with Crippen molar-refractivity contribution in [3.63, 3.8) is 0 Å². The van der Waals surface area contributed by atoms with Crippen LogP contribution < -0.4 is 5.73 Å². The Morgan fingerprint density at radius 2 is 1.46 bits per heavy atom. The molecule has 0 saturated heterocycles. The van der Waals surface area contributed by atoms with Crippen molar-refractivity contribution in [3.05, 3.63) is 35.9 Å². The van der Waals surface area contributed by atoms with Crippen LogP contribution >= 0.6 is 0 Å². The van der Waals surface area contributed by atoms with Gasteiger partial charge in [-0.1, -0.05) is 62.1 Å². The molecule has 2 rings (SSSR count). The maximum Gasteiger partial charge on any atom is -0.0106 e. The Morgan fingerprint density at radius 1 is 1.08 bits per heavy atom. The molecule has 1 heteroatoms. The molecule has 0 atom stereocenters. The molecule has 74 valence electrons. The van der Waals surface area contributed by atoms with Crippen molar-refractivity contribution in [2.45, 2.75) is 33.1 Å². The minimum absolute atomic E-state index is 0.750. The number of nitrogens with two attached hydrogens (primary N) is 1. The molecule has 0 aromatic heterocycles. The van der Waals surface area contributed by atoms with Crippen molar-refractivity contribution in [2.75, 3.05) is 6.54 Å². The standard InChI is InChI=1S/C7H8.C3H6.C2H7N/c1-7-5-3-2-4-6-7;1-2-3-1;1-2-3/h2-6H,1H3;1-3H2;2-3H2,1H3. The summed E-state index contributed by atoms with van der Waals surface area (Å²) in [7, 11) is 0. The molecule has 0 spiro atoms. The highest BCUT2D eigenvalue weighted by Crippen LogP contribution is 2.14. The highest BCUT2D eigenvalue weighted by Gasteiger charge is 1.95. The first kappa shape index (κ1) is 12.2. The van der Waals surface area contributed by atoms with Gasteiger partial charge in [0.05, 0.1) is 0 Å². The Kier molecular flexibility index (Phi) is 8.68. The molecule has 1 aromatic rings. The van der Waals surface area contributed by atoms with Crippen LogP contribution in [0.15, 0.2) is 30.3 Å². The fourth-order valence-electron chi connectivity index (χ4n) is 0.534. The molecule has 0 aliphatic heterocycles. The van der Waals surface area contributed by atoms with E-state index in [9.17, 15) is 0 Å². The van der Waals surface area contributed by atoms with Crippen molar-refractivity contribution in [1.29, 1.82) is 0 Å². The summed E-state index contributed by atoms with van der Waals surface area (Å²) in [6.07, 6.45) is 4.50. The maximum atomic E-state index is 4.85. The van der Waals surface area contributed by atoms with Gasteiger partial charge < -0.3 is 5.73 Å². The van der Waals surface area contributed by atoms with Crippen LogP contribution in [-0.4, -0.2) is 6.54 Å². The lowest BCUT2D eigenvalue weighted by molar-refractivity contribution is 1.14. The van der Waals surface area contributed by atoms with E-state index in [1.807, 2.05) is 25.1 Å². The number of rotatable bonds is 0. The summed E-state index contributed by atoms with van der Waals surface area (Å²) < 4.78 is 0. The van der Waals surface area contributed by atoms with Crippen LogP contribution in [0.4, 0.5) is 0 Å². The molecule has 1 aliphatic carbocycles. The maximum absolute atomic E-state index is 4.85. The van der Waals surface area contributed by atoms with Gasteiger partial charge >= 0.3 is 0 Å². The van der Waals surface area contributed by atoms with Gasteiger partial charge in [0, 0.05) is 0 Å². The van der Waals surface area contributed by atoms with Crippen molar-refractivity contribution < 1.29 is 0 Å². The summed E-state index contributed by atoms with van der Waals surface area (Å²) in [6.45, 7) is 4.74. The smallest absolute Gasteiger partial charge is 0.0106 e. The van der Waals surface area contributed by atoms with Crippen LogP contribution in [0.1, 0.15) is 31.7 Å². The van der Waals surface area contributed by atoms with Crippen molar-refractivity contribution in [1.82, 2.24) is 0 Å². The van der Waals surface area contributed by atoms with Crippen molar-refractivity contribution in [3.8, 4) is 0 Å². The zero-order valence-electron chi connectivity index (χ0n) is 8.79. The van der Waals surface area contributed by atoms with Gasteiger partial charge in [-0.2, -0.15) is 0 Å². The van der Waals surface area contributed by atoms with Gasteiger partial charge in [0.1, 0.15) is 0 Å². The Labute approximate surface area is 82.0 Å². The number of benzene rings is 1. The van der Waals surface area contributed by atoms with E-state index in [1.165, 1.54) is 24.8 Å². The minimum Gasteiger partial charge on any atom is -0.331 e. The van der Waals surface area contributed by atoms with Crippen molar-refractivity contribution >= 4 is 0 Å². The van der Waals surface area contributed by atoms with Crippen LogP contribution in [0.5, 0.6) is 0 Å². The minimum atomic E-state index is 0.750. The third-order valence-electron chi connectivity index (χ3n) is 1.29. The van der Waals surface area contributed by atoms with E-state index in [0.717, 1.165) is 6.54 Å². The predicted molar refractivity (Wildman–Crippen MR) is 59.8 cm³/mol. The Bertz CT molecular complexity index is 177. The van der Waals surface area contributed by atoms with Crippen LogP contribution in [0.25, 0.3) is 0 Å². The van der Waals surface area contributed by atoms with Gasteiger partial charge in [0.25, 0.3) is 0 Å². The molecule has 2 N–H and O–H groups in total. The van der Waals surface area contributed by atoms with E-state index in [1.54, 1.807) is 0 Å². The first-order valence-corrected chi connectivity index (χ1v) is 5.03. The zero-order chi connectivity index (χ0) is 9.94. The second-order valence-electron chi connectivity index (χ2n) is 3.12. The second-order valence-corrected chi connectivity index (χ2v) is 3.12. The summed E-state index contributed by atoms with van der Waals surface area (Å²) in [4.78, 5) is 0. The highest BCUT2D eigenvalue weighted by atomic mass is 14.5. The van der Waals surface area contributed by atoms with Crippen molar-refractivity contribution in [2.24, 2.45) is 5.73 Å².